The van der Waals surface area contributed by atoms with E-state index < -0.39 is 5.97 Å². The molecule has 0 radical (unpaired) electrons. The summed E-state index contributed by atoms with van der Waals surface area (Å²) in [7, 11) is 0. The molecule has 0 fully saturated rings. The second-order valence-electron chi connectivity index (χ2n) is 6.79. The van der Waals surface area contributed by atoms with Crippen molar-refractivity contribution in [1.82, 2.24) is 0 Å². The molecule has 2 heterocycles. The van der Waals surface area contributed by atoms with Gasteiger partial charge < -0.3 is 18.6 Å². The van der Waals surface area contributed by atoms with Gasteiger partial charge in [0.05, 0.1) is 16.4 Å². The van der Waals surface area contributed by atoms with Crippen molar-refractivity contribution in [3.8, 4) is 11.5 Å². The van der Waals surface area contributed by atoms with Crippen molar-refractivity contribution in [3.63, 3.8) is 0 Å². The number of furan rings is 1. The molecule has 0 aliphatic carbocycles. The van der Waals surface area contributed by atoms with Crippen LogP contribution in [0.5, 0.6) is 11.5 Å². The van der Waals surface area contributed by atoms with Crippen molar-refractivity contribution in [2.75, 3.05) is 6.61 Å². The maximum atomic E-state index is 12.2. The van der Waals surface area contributed by atoms with E-state index in [0.717, 1.165) is 14.7 Å². The quantitative estimate of drug-likeness (QED) is 0.229. The molecule has 1 aliphatic heterocycles. The summed E-state index contributed by atoms with van der Waals surface area (Å²) in [5.41, 5.74) is 3.23. The summed E-state index contributed by atoms with van der Waals surface area (Å²) in [6.45, 7) is 4.89. The zero-order valence-electron chi connectivity index (χ0n) is 17.1. The van der Waals surface area contributed by atoms with Gasteiger partial charge in [-0.25, -0.2) is 9.79 Å². The first-order valence-electron chi connectivity index (χ1n) is 9.75. The summed E-state index contributed by atoms with van der Waals surface area (Å²) < 4.78 is 23.3. The van der Waals surface area contributed by atoms with E-state index in [1.165, 1.54) is 11.8 Å². The van der Waals surface area contributed by atoms with Gasteiger partial charge in [0.25, 0.3) is 5.90 Å². The number of carbonyl (C=O) groups is 1. The van der Waals surface area contributed by atoms with Gasteiger partial charge in [0, 0.05) is 0 Å². The predicted molar refractivity (Wildman–Crippen MR) is 125 cm³/mol. The van der Waals surface area contributed by atoms with Crippen molar-refractivity contribution in [1.29, 1.82) is 0 Å². The highest BCUT2D eigenvalue weighted by molar-refractivity contribution is 14.1. The van der Waals surface area contributed by atoms with Crippen LogP contribution >= 0.6 is 22.6 Å². The van der Waals surface area contributed by atoms with Gasteiger partial charge in [-0.15, -0.1) is 0 Å². The molecule has 158 valence electrons. The monoisotopic (exact) mass is 529 g/mol. The van der Waals surface area contributed by atoms with E-state index in [4.69, 9.17) is 18.6 Å². The molecule has 0 spiro atoms. The molecule has 0 N–H and O–H groups in total. The largest absolute Gasteiger partial charge is 0.490 e. The SMILES string of the molecule is CCOc1cc(/C=C2\N=C(c3ccco3)OC2=O)cc(I)c1OCc1ccccc1C. The first-order chi connectivity index (χ1) is 15.0. The molecular formula is C24H20INO5. The van der Waals surface area contributed by atoms with Crippen LogP contribution in [0.25, 0.3) is 6.08 Å². The van der Waals surface area contributed by atoms with Gasteiger partial charge in [-0.3, -0.25) is 0 Å². The van der Waals surface area contributed by atoms with Crippen LogP contribution in [-0.2, 0) is 16.1 Å². The number of aliphatic imine (C=N–C) groups is 1. The molecular weight excluding hydrogens is 509 g/mol. The fourth-order valence-corrected chi connectivity index (χ4v) is 3.85. The molecule has 0 saturated heterocycles. The molecule has 4 rings (SSSR count). The standard InChI is InChI=1S/C24H20INO5/c1-3-28-21-13-16(12-19-24(27)31-23(26-19)20-9-6-10-29-20)11-18(25)22(21)30-14-17-8-5-4-7-15(17)2/h4-13H,3,14H2,1-2H3/b19-12-. The van der Waals surface area contributed by atoms with Gasteiger partial charge in [0.2, 0.25) is 0 Å². The van der Waals surface area contributed by atoms with E-state index in [-0.39, 0.29) is 11.6 Å². The number of nitrogens with zero attached hydrogens (tertiary/aromatic N) is 1. The number of cyclic esters (lactones) is 1. The summed E-state index contributed by atoms with van der Waals surface area (Å²) in [5, 5.41) is 0. The van der Waals surface area contributed by atoms with Crippen LogP contribution in [0.2, 0.25) is 0 Å². The highest BCUT2D eigenvalue weighted by Gasteiger charge is 2.26. The average molecular weight is 529 g/mol. The van der Waals surface area contributed by atoms with Crippen LogP contribution in [-0.4, -0.2) is 18.5 Å². The Morgan fingerprint density at radius 1 is 1.13 bits per heavy atom. The molecule has 31 heavy (non-hydrogen) atoms. The Labute approximate surface area is 193 Å². The van der Waals surface area contributed by atoms with Gasteiger partial charge in [-0.1, -0.05) is 24.3 Å². The van der Waals surface area contributed by atoms with Crippen LogP contribution in [0.4, 0.5) is 0 Å². The lowest BCUT2D eigenvalue weighted by Gasteiger charge is -2.15. The van der Waals surface area contributed by atoms with Crippen LogP contribution < -0.4 is 9.47 Å². The lowest BCUT2D eigenvalue weighted by atomic mass is 10.1. The zero-order chi connectivity index (χ0) is 21.8. The molecule has 0 unspecified atom stereocenters. The minimum atomic E-state index is -0.528. The average Bonchev–Trinajstić information content (AvgIpc) is 3.39. The summed E-state index contributed by atoms with van der Waals surface area (Å²) in [4.78, 5) is 16.5. The topological polar surface area (TPSA) is 70.3 Å². The molecule has 1 aromatic heterocycles. The number of hydrogen-bond donors (Lipinski definition) is 0. The van der Waals surface area contributed by atoms with Gasteiger partial charge in [-0.05, 0) is 83.5 Å². The number of aryl methyl sites for hydroxylation is 1. The highest BCUT2D eigenvalue weighted by Crippen LogP contribution is 2.36. The van der Waals surface area contributed by atoms with Crippen LogP contribution in [0.1, 0.15) is 29.4 Å². The lowest BCUT2D eigenvalue weighted by molar-refractivity contribution is -0.130. The van der Waals surface area contributed by atoms with E-state index in [1.807, 2.05) is 37.3 Å². The van der Waals surface area contributed by atoms with E-state index in [1.54, 1.807) is 18.2 Å². The Morgan fingerprint density at radius 3 is 2.71 bits per heavy atom. The third-order valence-electron chi connectivity index (χ3n) is 4.62. The lowest BCUT2D eigenvalue weighted by Crippen LogP contribution is -2.04. The Bertz CT molecular complexity index is 1160. The summed E-state index contributed by atoms with van der Waals surface area (Å²) in [5.74, 6) is 1.30. The number of rotatable bonds is 7. The normalized spacial score (nSPS) is 14.5. The van der Waals surface area contributed by atoms with Crippen molar-refractivity contribution in [3.05, 3.63) is 86.5 Å². The number of esters is 1. The van der Waals surface area contributed by atoms with Crippen LogP contribution in [0.3, 0.4) is 0 Å². The molecule has 0 atom stereocenters. The molecule has 0 bridgehead atoms. The second-order valence-corrected chi connectivity index (χ2v) is 7.95. The summed E-state index contributed by atoms with van der Waals surface area (Å²) in [6, 6.07) is 15.2. The number of benzene rings is 2. The summed E-state index contributed by atoms with van der Waals surface area (Å²) in [6.07, 6.45) is 3.16. The van der Waals surface area contributed by atoms with Crippen molar-refractivity contribution in [2.45, 2.75) is 20.5 Å². The Balaban J connectivity index is 1.62. The summed E-state index contributed by atoms with van der Waals surface area (Å²) >= 11 is 2.21. The maximum Gasteiger partial charge on any atom is 0.363 e. The van der Waals surface area contributed by atoms with Crippen molar-refractivity contribution < 1.29 is 23.4 Å². The van der Waals surface area contributed by atoms with Crippen LogP contribution in [0.15, 0.2) is 69.9 Å². The Hall–Kier alpha value is -3.07. The van der Waals surface area contributed by atoms with Gasteiger partial charge >= 0.3 is 5.97 Å². The van der Waals surface area contributed by atoms with Gasteiger partial charge in [0.15, 0.2) is 23.0 Å². The number of carbonyl (C=O) groups excluding carboxylic acids is 1. The maximum absolute atomic E-state index is 12.2. The van der Waals surface area contributed by atoms with Gasteiger partial charge in [0.1, 0.15) is 6.61 Å². The minimum Gasteiger partial charge on any atom is -0.490 e. The number of hydrogen-bond acceptors (Lipinski definition) is 6. The molecule has 7 heteroatoms. The molecule has 0 amide bonds. The van der Waals surface area contributed by atoms with Crippen molar-refractivity contribution in [2.24, 2.45) is 4.99 Å². The molecule has 6 nitrogen and oxygen atoms in total. The van der Waals surface area contributed by atoms with Crippen LogP contribution in [0, 0.1) is 10.5 Å². The highest BCUT2D eigenvalue weighted by atomic mass is 127. The fraction of sp³-hybridized carbons (Fsp3) is 0.167. The fourth-order valence-electron chi connectivity index (χ4n) is 3.07. The molecule has 2 aromatic carbocycles. The number of halogens is 1. The third-order valence-corrected chi connectivity index (χ3v) is 5.42. The minimum absolute atomic E-state index is 0.152. The van der Waals surface area contributed by atoms with E-state index in [2.05, 4.69) is 40.6 Å². The molecule has 0 saturated carbocycles. The first kappa shape index (κ1) is 21.2. The zero-order valence-corrected chi connectivity index (χ0v) is 19.2. The Morgan fingerprint density at radius 2 is 1.97 bits per heavy atom. The van der Waals surface area contributed by atoms with E-state index in [0.29, 0.717) is 30.5 Å². The Kier molecular flexibility index (Phi) is 6.41. The predicted octanol–water partition coefficient (Wildman–Crippen LogP) is 5.51. The van der Waals surface area contributed by atoms with Crippen molar-refractivity contribution >= 4 is 40.5 Å². The second kappa shape index (κ2) is 9.38. The molecule has 1 aliphatic rings. The first-order valence-corrected chi connectivity index (χ1v) is 10.8. The third kappa shape index (κ3) is 4.82. The van der Waals surface area contributed by atoms with Gasteiger partial charge in [-0.2, -0.15) is 0 Å². The molecule has 3 aromatic rings. The van der Waals surface area contributed by atoms with E-state index in [9.17, 15) is 4.79 Å². The number of ether oxygens (including phenoxy) is 3. The van der Waals surface area contributed by atoms with E-state index >= 15 is 0 Å². The smallest absolute Gasteiger partial charge is 0.363 e.